The third-order valence-corrected chi connectivity index (χ3v) is 4.00. The summed E-state index contributed by atoms with van der Waals surface area (Å²) in [5, 5.41) is 23.3. The molecule has 116 valence electrons. The second-order valence-electron chi connectivity index (χ2n) is 5.73. The minimum Gasteiger partial charge on any atom is -0.467 e. The zero-order valence-electron chi connectivity index (χ0n) is 12.5. The lowest BCUT2D eigenvalue weighted by molar-refractivity contribution is -0.162. The van der Waals surface area contributed by atoms with Crippen LogP contribution in [0.2, 0.25) is 0 Å². The van der Waals surface area contributed by atoms with Gasteiger partial charge in [0.05, 0.1) is 19.1 Å². The van der Waals surface area contributed by atoms with Crippen molar-refractivity contribution in [2.75, 3.05) is 7.11 Å². The fourth-order valence-corrected chi connectivity index (χ4v) is 2.78. The second kappa shape index (κ2) is 6.54. The molecule has 1 rings (SSSR count). The van der Waals surface area contributed by atoms with Gasteiger partial charge in [0, 0.05) is 0 Å². The Kier molecular flexibility index (Phi) is 5.53. The summed E-state index contributed by atoms with van der Waals surface area (Å²) in [6, 6.07) is 0. The minimum atomic E-state index is -1.77. The lowest BCUT2D eigenvalue weighted by Gasteiger charge is -2.36. The van der Waals surface area contributed by atoms with Gasteiger partial charge in [-0.05, 0) is 12.3 Å². The number of unbranched alkanes of at least 4 members (excludes halogenated alkanes) is 1. The van der Waals surface area contributed by atoms with Crippen molar-refractivity contribution in [1.29, 1.82) is 0 Å². The zero-order chi connectivity index (χ0) is 15.5. The molecule has 6 heteroatoms. The molecule has 0 spiro atoms. The van der Waals surface area contributed by atoms with Crippen molar-refractivity contribution in [3.8, 4) is 0 Å². The molecule has 0 aromatic heterocycles. The molecule has 4 atom stereocenters. The third-order valence-electron chi connectivity index (χ3n) is 4.00. The Hall–Kier alpha value is -1.14. The zero-order valence-corrected chi connectivity index (χ0v) is 12.5. The molecule has 0 saturated carbocycles. The topological polar surface area (TPSA) is 95.9 Å². The van der Waals surface area contributed by atoms with Crippen LogP contribution in [0.3, 0.4) is 0 Å². The van der Waals surface area contributed by atoms with Crippen molar-refractivity contribution in [3.63, 3.8) is 0 Å². The Morgan fingerprint density at radius 2 is 2.10 bits per heavy atom. The second-order valence-corrected chi connectivity index (χ2v) is 5.73. The number of aliphatic hydroxyl groups excluding tert-OH is 2. The lowest BCUT2D eigenvalue weighted by atomic mass is 9.78. The van der Waals surface area contributed by atoms with E-state index in [2.05, 4.69) is 5.32 Å². The van der Waals surface area contributed by atoms with Crippen LogP contribution >= 0.6 is 0 Å². The smallest absolute Gasteiger partial charge is 0.337 e. The molecule has 1 aliphatic rings. The number of carbonyl (C=O) groups is 2. The van der Waals surface area contributed by atoms with Gasteiger partial charge in [-0.15, -0.1) is 0 Å². The highest BCUT2D eigenvalue weighted by Gasteiger charge is 2.62. The van der Waals surface area contributed by atoms with Gasteiger partial charge < -0.3 is 20.3 Å². The molecule has 1 saturated heterocycles. The molecular weight excluding hydrogens is 262 g/mol. The fraction of sp³-hybridized carbons (Fsp3) is 0.857. The maximum Gasteiger partial charge on any atom is 0.337 e. The van der Waals surface area contributed by atoms with Crippen LogP contribution in [0.25, 0.3) is 0 Å². The summed E-state index contributed by atoms with van der Waals surface area (Å²) in [4.78, 5) is 24.2. The van der Waals surface area contributed by atoms with Gasteiger partial charge in [-0.25, -0.2) is 4.79 Å². The SMILES string of the molecule is CCCC[C@H]1C(=O)N[C@](C(=O)OC)([C@@H](O)C(C)C)[C@H]1O. The standard InChI is InChI=1S/C14H25NO5/c1-5-6-7-9-11(17)14(13(19)20-4,15-12(9)18)10(16)8(2)3/h8-11,16-17H,5-7H2,1-4H3,(H,15,18)/t9-,10+,11+,14-/m1/s1. The molecular formula is C14H25NO5. The monoisotopic (exact) mass is 287 g/mol. The normalized spacial score (nSPS) is 31.2. The first kappa shape index (κ1) is 16.9. The number of aliphatic hydroxyl groups is 2. The average molecular weight is 287 g/mol. The predicted molar refractivity (Wildman–Crippen MR) is 72.8 cm³/mol. The molecule has 6 nitrogen and oxygen atoms in total. The van der Waals surface area contributed by atoms with Crippen molar-refractivity contribution in [1.82, 2.24) is 5.32 Å². The quantitative estimate of drug-likeness (QED) is 0.607. The van der Waals surface area contributed by atoms with Gasteiger partial charge in [-0.3, -0.25) is 4.79 Å². The first-order chi connectivity index (χ1) is 9.32. The van der Waals surface area contributed by atoms with Crippen LogP contribution in [0.1, 0.15) is 40.0 Å². The van der Waals surface area contributed by atoms with E-state index in [4.69, 9.17) is 4.74 Å². The van der Waals surface area contributed by atoms with E-state index in [9.17, 15) is 19.8 Å². The highest BCUT2D eigenvalue weighted by atomic mass is 16.5. The maximum absolute atomic E-state index is 12.1. The van der Waals surface area contributed by atoms with Gasteiger partial charge in [0.1, 0.15) is 6.10 Å². The highest BCUT2D eigenvalue weighted by molar-refractivity contribution is 5.95. The Bertz CT molecular complexity index is 371. The summed E-state index contributed by atoms with van der Waals surface area (Å²) in [5.74, 6) is -2.22. The molecule has 1 heterocycles. The predicted octanol–water partition coefficient (Wildman–Crippen LogP) is 0.212. The van der Waals surface area contributed by atoms with Gasteiger partial charge in [-0.2, -0.15) is 0 Å². The molecule has 1 aliphatic heterocycles. The molecule has 0 unspecified atom stereocenters. The first-order valence-electron chi connectivity index (χ1n) is 7.09. The van der Waals surface area contributed by atoms with E-state index in [-0.39, 0.29) is 5.92 Å². The Morgan fingerprint density at radius 3 is 2.55 bits per heavy atom. The number of esters is 1. The van der Waals surface area contributed by atoms with Gasteiger partial charge in [0.2, 0.25) is 5.91 Å². The van der Waals surface area contributed by atoms with Crippen LogP contribution in [-0.2, 0) is 14.3 Å². The van der Waals surface area contributed by atoms with Crippen LogP contribution in [0.4, 0.5) is 0 Å². The van der Waals surface area contributed by atoms with Crippen molar-refractivity contribution in [3.05, 3.63) is 0 Å². The molecule has 0 aliphatic carbocycles. The number of ether oxygens (including phenoxy) is 1. The van der Waals surface area contributed by atoms with E-state index < -0.39 is 35.5 Å². The van der Waals surface area contributed by atoms with Crippen molar-refractivity contribution >= 4 is 11.9 Å². The molecule has 0 radical (unpaired) electrons. The van der Waals surface area contributed by atoms with Crippen LogP contribution in [0.5, 0.6) is 0 Å². The number of nitrogens with one attached hydrogen (secondary N) is 1. The van der Waals surface area contributed by atoms with Gasteiger partial charge in [0.25, 0.3) is 0 Å². The summed E-state index contributed by atoms with van der Waals surface area (Å²) in [6.07, 6.45) is -0.363. The van der Waals surface area contributed by atoms with Crippen LogP contribution in [0, 0.1) is 11.8 Å². The van der Waals surface area contributed by atoms with Crippen molar-refractivity contribution in [2.24, 2.45) is 11.8 Å². The largest absolute Gasteiger partial charge is 0.467 e. The summed E-state index contributed by atoms with van der Waals surface area (Å²) < 4.78 is 4.71. The van der Waals surface area contributed by atoms with Crippen LogP contribution < -0.4 is 5.32 Å². The highest BCUT2D eigenvalue weighted by Crippen LogP contribution is 2.35. The maximum atomic E-state index is 12.1. The number of rotatable bonds is 6. The van der Waals surface area contributed by atoms with E-state index in [0.717, 1.165) is 12.8 Å². The van der Waals surface area contributed by atoms with Gasteiger partial charge in [0.15, 0.2) is 5.54 Å². The lowest BCUT2D eigenvalue weighted by Crippen LogP contribution is -2.65. The third kappa shape index (κ3) is 2.67. The number of amides is 1. The number of hydrogen-bond donors (Lipinski definition) is 3. The molecule has 1 amide bonds. The summed E-state index contributed by atoms with van der Waals surface area (Å²) >= 11 is 0. The van der Waals surface area contributed by atoms with E-state index >= 15 is 0 Å². The minimum absolute atomic E-state index is 0.311. The Morgan fingerprint density at radius 1 is 1.50 bits per heavy atom. The average Bonchev–Trinajstić information content (AvgIpc) is 2.67. The van der Waals surface area contributed by atoms with Gasteiger partial charge >= 0.3 is 5.97 Å². The number of carbonyl (C=O) groups excluding carboxylic acids is 2. The molecule has 0 bridgehead atoms. The Balaban J connectivity index is 3.13. The summed E-state index contributed by atoms with van der Waals surface area (Å²) in [7, 11) is 1.18. The molecule has 20 heavy (non-hydrogen) atoms. The van der Waals surface area contributed by atoms with E-state index in [1.807, 2.05) is 6.92 Å². The molecule has 0 aromatic rings. The number of hydrogen-bond acceptors (Lipinski definition) is 5. The Labute approximate surface area is 119 Å². The van der Waals surface area contributed by atoms with E-state index in [1.54, 1.807) is 13.8 Å². The first-order valence-corrected chi connectivity index (χ1v) is 7.09. The van der Waals surface area contributed by atoms with Crippen LogP contribution in [0.15, 0.2) is 0 Å². The van der Waals surface area contributed by atoms with Crippen LogP contribution in [-0.4, -0.2) is 46.9 Å². The number of methoxy groups -OCH3 is 1. The summed E-state index contributed by atoms with van der Waals surface area (Å²) in [5.41, 5.74) is -1.77. The molecule has 3 N–H and O–H groups in total. The van der Waals surface area contributed by atoms with Gasteiger partial charge in [-0.1, -0.05) is 33.6 Å². The van der Waals surface area contributed by atoms with E-state index in [1.165, 1.54) is 7.11 Å². The van der Waals surface area contributed by atoms with Crippen molar-refractivity contribution in [2.45, 2.75) is 57.8 Å². The van der Waals surface area contributed by atoms with Crippen molar-refractivity contribution < 1.29 is 24.5 Å². The fourth-order valence-electron chi connectivity index (χ4n) is 2.78. The summed E-state index contributed by atoms with van der Waals surface area (Å²) in [6.45, 7) is 5.41. The molecule has 0 aromatic carbocycles. The molecule has 1 fully saturated rings. The van der Waals surface area contributed by atoms with E-state index in [0.29, 0.717) is 6.42 Å².